The zero-order valence-corrected chi connectivity index (χ0v) is 13.2. The molecule has 2 aliphatic rings. The van der Waals surface area contributed by atoms with Gasteiger partial charge in [-0.3, -0.25) is 4.90 Å². The fourth-order valence-electron chi connectivity index (χ4n) is 3.43. The molecule has 2 unspecified atom stereocenters. The SMILES string of the molecule is CCC1CNC(CC)(CC)CN1CC1CCCS1. The van der Waals surface area contributed by atoms with Crippen LogP contribution in [0.15, 0.2) is 0 Å². The molecule has 1 N–H and O–H groups in total. The van der Waals surface area contributed by atoms with Gasteiger partial charge in [0.1, 0.15) is 0 Å². The Labute approximate surface area is 117 Å². The normalized spacial score (nSPS) is 32.8. The van der Waals surface area contributed by atoms with Crippen LogP contribution in [0.5, 0.6) is 0 Å². The highest BCUT2D eigenvalue weighted by Gasteiger charge is 2.37. The fraction of sp³-hybridized carbons (Fsp3) is 1.00. The molecule has 2 atom stereocenters. The zero-order chi connectivity index (χ0) is 13.0. The topological polar surface area (TPSA) is 15.3 Å². The number of piperazine rings is 1. The molecule has 3 heteroatoms. The molecule has 106 valence electrons. The maximum Gasteiger partial charge on any atom is 0.0304 e. The van der Waals surface area contributed by atoms with E-state index in [-0.39, 0.29) is 0 Å². The molecule has 2 fully saturated rings. The summed E-state index contributed by atoms with van der Waals surface area (Å²) in [6, 6.07) is 0.762. The van der Waals surface area contributed by atoms with Crippen molar-refractivity contribution < 1.29 is 0 Å². The highest BCUT2D eigenvalue weighted by atomic mass is 32.2. The van der Waals surface area contributed by atoms with Gasteiger partial charge in [-0.25, -0.2) is 0 Å². The van der Waals surface area contributed by atoms with E-state index in [2.05, 4.69) is 42.7 Å². The molecule has 0 radical (unpaired) electrons. The van der Waals surface area contributed by atoms with Crippen LogP contribution < -0.4 is 5.32 Å². The maximum absolute atomic E-state index is 3.84. The molecule has 0 spiro atoms. The summed E-state index contributed by atoms with van der Waals surface area (Å²) in [5.41, 5.74) is 0.384. The summed E-state index contributed by atoms with van der Waals surface area (Å²) in [5, 5.41) is 4.75. The minimum atomic E-state index is 0.384. The van der Waals surface area contributed by atoms with E-state index >= 15 is 0 Å². The molecule has 0 amide bonds. The predicted octanol–water partition coefficient (Wildman–Crippen LogP) is 3.12. The van der Waals surface area contributed by atoms with Gasteiger partial charge in [0.05, 0.1) is 0 Å². The van der Waals surface area contributed by atoms with Crippen molar-refractivity contribution in [1.29, 1.82) is 0 Å². The standard InChI is InChI=1S/C15H30N2S/c1-4-13-10-16-15(5-2,6-3)12-17(13)11-14-8-7-9-18-14/h13-14,16H,4-12H2,1-3H3. The summed E-state index contributed by atoms with van der Waals surface area (Å²) >= 11 is 2.20. The average Bonchev–Trinajstić information content (AvgIpc) is 2.91. The van der Waals surface area contributed by atoms with Crippen LogP contribution in [0.1, 0.15) is 52.9 Å². The Morgan fingerprint density at radius 3 is 2.61 bits per heavy atom. The van der Waals surface area contributed by atoms with Gasteiger partial charge in [-0.05, 0) is 37.9 Å². The highest BCUT2D eigenvalue weighted by Crippen LogP contribution is 2.30. The maximum atomic E-state index is 3.84. The molecule has 2 rings (SSSR count). The predicted molar refractivity (Wildman–Crippen MR) is 82.4 cm³/mol. The van der Waals surface area contributed by atoms with E-state index in [1.54, 1.807) is 0 Å². The molecule has 0 aromatic rings. The Morgan fingerprint density at radius 1 is 1.28 bits per heavy atom. The molecule has 2 heterocycles. The smallest absolute Gasteiger partial charge is 0.0304 e. The summed E-state index contributed by atoms with van der Waals surface area (Å²) in [6.45, 7) is 10.8. The zero-order valence-electron chi connectivity index (χ0n) is 12.4. The first-order valence-corrected chi connectivity index (χ1v) is 8.88. The monoisotopic (exact) mass is 270 g/mol. The lowest BCUT2D eigenvalue weighted by molar-refractivity contribution is 0.0709. The second kappa shape index (κ2) is 6.62. The fourth-order valence-corrected chi connectivity index (χ4v) is 4.72. The van der Waals surface area contributed by atoms with Crippen molar-refractivity contribution in [2.45, 2.75) is 69.7 Å². The minimum Gasteiger partial charge on any atom is -0.308 e. The van der Waals surface area contributed by atoms with E-state index in [9.17, 15) is 0 Å². The van der Waals surface area contributed by atoms with Crippen LogP contribution in [0.4, 0.5) is 0 Å². The van der Waals surface area contributed by atoms with Gasteiger partial charge < -0.3 is 5.32 Å². The van der Waals surface area contributed by atoms with Gasteiger partial charge >= 0.3 is 0 Å². The number of nitrogens with one attached hydrogen (secondary N) is 1. The quantitative estimate of drug-likeness (QED) is 0.826. The molecule has 18 heavy (non-hydrogen) atoms. The number of thioether (sulfide) groups is 1. The molecular weight excluding hydrogens is 240 g/mol. The van der Waals surface area contributed by atoms with Gasteiger partial charge in [-0.2, -0.15) is 11.8 Å². The average molecular weight is 270 g/mol. The number of rotatable bonds is 5. The van der Waals surface area contributed by atoms with E-state index in [0.29, 0.717) is 5.54 Å². The summed E-state index contributed by atoms with van der Waals surface area (Å²) < 4.78 is 0. The number of nitrogens with zero attached hydrogens (tertiary/aromatic N) is 1. The molecular formula is C15H30N2S. The molecule has 2 aliphatic heterocycles. The van der Waals surface area contributed by atoms with Crippen LogP contribution in [0.2, 0.25) is 0 Å². The molecule has 0 aliphatic carbocycles. The van der Waals surface area contributed by atoms with Crippen LogP contribution in [0.25, 0.3) is 0 Å². The van der Waals surface area contributed by atoms with Crippen molar-refractivity contribution in [3.8, 4) is 0 Å². The molecule has 2 nitrogen and oxygen atoms in total. The molecule has 2 saturated heterocycles. The Balaban J connectivity index is 1.97. The lowest BCUT2D eigenvalue weighted by atomic mass is 9.88. The third-order valence-electron chi connectivity index (χ3n) is 5.02. The van der Waals surface area contributed by atoms with Crippen LogP contribution in [0.3, 0.4) is 0 Å². The van der Waals surface area contributed by atoms with Crippen LogP contribution >= 0.6 is 11.8 Å². The number of hydrogen-bond donors (Lipinski definition) is 1. The summed E-state index contributed by atoms with van der Waals surface area (Å²) in [4.78, 5) is 2.80. The van der Waals surface area contributed by atoms with Crippen molar-refractivity contribution in [2.75, 3.05) is 25.4 Å². The third-order valence-corrected chi connectivity index (χ3v) is 6.40. The van der Waals surface area contributed by atoms with E-state index in [1.807, 2.05) is 0 Å². The second-order valence-electron chi connectivity index (χ2n) is 5.99. The van der Waals surface area contributed by atoms with Gasteiger partial charge in [-0.15, -0.1) is 0 Å². The summed E-state index contributed by atoms with van der Waals surface area (Å²) in [7, 11) is 0. The van der Waals surface area contributed by atoms with E-state index in [4.69, 9.17) is 0 Å². The Hall–Kier alpha value is 0.270. The van der Waals surface area contributed by atoms with Crippen molar-refractivity contribution in [3.05, 3.63) is 0 Å². The van der Waals surface area contributed by atoms with Gasteiger partial charge in [0.2, 0.25) is 0 Å². The second-order valence-corrected chi connectivity index (χ2v) is 7.40. The molecule has 0 saturated carbocycles. The largest absolute Gasteiger partial charge is 0.308 e. The summed E-state index contributed by atoms with van der Waals surface area (Å²) in [6.07, 6.45) is 6.68. The van der Waals surface area contributed by atoms with Crippen molar-refractivity contribution in [1.82, 2.24) is 10.2 Å². The summed E-state index contributed by atoms with van der Waals surface area (Å²) in [5.74, 6) is 1.39. The third kappa shape index (κ3) is 3.23. The lowest BCUT2D eigenvalue weighted by Gasteiger charge is -2.48. The van der Waals surface area contributed by atoms with E-state index < -0.39 is 0 Å². The van der Waals surface area contributed by atoms with Crippen LogP contribution in [-0.2, 0) is 0 Å². The van der Waals surface area contributed by atoms with Crippen molar-refractivity contribution >= 4 is 11.8 Å². The van der Waals surface area contributed by atoms with Gasteiger partial charge in [-0.1, -0.05) is 20.8 Å². The Bertz CT molecular complexity index is 247. The van der Waals surface area contributed by atoms with Crippen molar-refractivity contribution in [3.63, 3.8) is 0 Å². The minimum absolute atomic E-state index is 0.384. The number of hydrogen-bond acceptors (Lipinski definition) is 3. The van der Waals surface area contributed by atoms with Crippen LogP contribution in [-0.4, -0.2) is 47.1 Å². The lowest BCUT2D eigenvalue weighted by Crippen LogP contribution is -2.64. The Kier molecular flexibility index (Phi) is 5.40. The van der Waals surface area contributed by atoms with E-state index in [0.717, 1.165) is 11.3 Å². The van der Waals surface area contributed by atoms with Gasteiger partial charge in [0.25, 0.3) is 0 Å². The van der Waals surface area contributed by atoms with Crippen LogP contribution in [0, 0.1) is 0 Å². The first kappa shape index (κ1) is 14.7. The first-order valence-electron chi connectivity index (χ1n) is 7.83. The molecule has 0 aromatic heterocycles. The first-order chi connectivity index (χ1) is 8.73. The molecule has 0 aromatic carbocycles. The van der Waals surface area contributed by atoms with Gasteiger partial charge in [0, 0.05) is 36.5 Å². The highest BCUT2D eigenvalue weighted by molar-refractivity contribution is 8.00. The van der Waals surface area contributed by atoms with Gasteiger partial charge in [0.15, 0.2) is 0 Å². The van der Waals surface area contributed by atoms with Crippen molar-refractivity contribution in [2.24, 2.45) is 0 Å². The Morgan fingerprint density at radius 2 is 2.06 bits per heavy atom. The molecule has 0 bridgehead atoms. The van der Waals surface area contributed by atoms with E-state index in [1.165, 1.54) is 57.5 Å².